The summed E-state index contributed by atoms with van der Waals surface area (Å²) >= 11 is 0. The van der Waals surface area contributed by atoms with Crippen molar-refractivity contribution in [2.24, 2.45) is 0 Å². The summed E-state index contributed by atoms with van der Waals surface area (Å²) in [6.07, 6.45) is -6.27. The number of nitrogens with one attached hydrogen (secondary N) is 1. The summed E-state index contributed by atoms with van der Waals surface area (Å²) < 4.78 is 36.3. The lowest BCUT2D eigenvalue weighted by Crippen LogP contribution is -2.34. The highest BCUT2D eigenvalue weighted by Crippen LogP contribution is 2.22. The van der Waals surface area contributed by atoms with Crippen LogP contribution in [0.15, 0.2) is 24.3 Å². The van der Waals surface area contributed by atoms with Crippen LogP contribution in [0.25, 0.3) is 0 Å². The summed E-state index contributed by atoms with van der Waals surface area (Å²) in [4.78, 5) is 9.88. The van der Waals surface area contributed by atoms with Gasteiger partial charge >= 0.3 is 6.18 Å². The van der Waals surface area contributed by atoms with Gasteiger partial charge in [-0.2, -0.15) is 13.2 Å². The maximum absolute atomic E-state index is 12.1. The molecule has 1 aromatic carbocycles. The monoisotopic (exact) mass is 292 g/mol. The highest BCUT2D eigenvalue weighted by Gasteiger charge is 2.29. The van der Waals surface area contributed by atoms with Gasteiger partial charge in [-0.1, -0.05) is 0 Å². The molecule has 0 aliphatic heterocycles. The molecule has 8 heteroatoms. The first kappa shape index (κ1) is 16.4. The summed E-state index contributed by atoms with van der Waals surface area (Å²) in [6, 6.07) is 4.40. The van der Waals surface area contributed by atoms with Gasteiger partial charge in [0.05, 0.1) is 17.4 Å². The average Bonchev–Trinajstić information content (AvgIpc) is 2.34. The van der Waals surface area contributed by atoms with Gasteiger partial charge in [0.15, 0.2) is 0 Å². The molecule has 0 radical (unpaired) electrons. The molecule has 0 heterocycles. The van der Waals surface area contributed by atoms with Crippen molar-refractivity contribution < 1.29 is 23.2 Å². The smallest absolute Gasteiger partial charge is 0.387 e. The van der Waals surface area contributed by atoms with E-state index in [2.05, 4.69) is 5.32 Å². The molecule has 0 aliphatic rings. The maximum atomic E-state index is 12.1. The fraction of sp³-hybridized carbons (Fsp3) is 0.500. The Morgan fingerprint density at radius 3 is 2.35 bits per heavy atom. The van der Waals surface area contributed by atoms with E-state index < -0.39 is 29.7 Å². The zero-order valence-electron chi connectivity index (χ0n) is 10.7. The van der Waals surface area contributed by atoms with Crippen LogP contribution in [-0.4, -0.2) is 28.8 Å². The van der Waals surface area contributed by atoms with E-state index in [1.54, 1.807) is 0 Å². The summed E-state index contributed by atoms with van der Waals surface area (Å²) in [6.45, 7) is 1.31. The topological polar surface area (TPSA) is 75.4 Å². The van der Waals surface area contributed by atoms with Crippen LogP contribution in [0.4, 0.5) is 18.9 Å². The summed E-state index contributed by atoms with van der Waals surface area (Å²) in [5, 5.41) is 22.8. The Morgan fingerprint density at radius 2 is 1.90 bits per heavy atom. The molecule has 0 saturated heterocycles. The van der Waals surface area contributed by atoms with Crippen molar-refractivity contribution in [1.29, 1.82) is 0 Å². The molecule has 0 aromatic heterocycles. The van der Waals surface area contributed by atoms with Crippen LogP contribution in [0.3, 0.4) is 0 Å². The molecule has 1 rings (SSSR count). The second-order valence-corrected chi connectivity index (χ2v) is 4.49. The Morgan fingerprint density at radius 1 is 1.35 bits per heavy atom. The zero-order chi connectivity index (χ0) is 15.3. The van der Waals surface area contributed by atoms with E-state index >= 15 is 0 Å². The lowest BCUT2D eigenvalue weighted by Gasteiger charge is -2.18. The Labute approximate surface area is 113 Å². The number of hydrogen-bond donors (Lipinski definition) is 2. The Kier molecular flexibility index (Phi) is 5.46. The minimum absolute atomic E-state index is 0.0605. The predicted molar refractivity (Wildman–Crippen MR) is 66.2 cm³/mol. The number of aliphatic hydroxyl groups excluding tert-OH is 1. The second kappa shape index (κ2) is 6.67. The van der Waals surface area contributed by atoms with E-state index in [0.717, 1.165) is 0 Å². The first-order valence-corrected chi connectivity index (χ1v) is 5.91. The number of alkyl halides is 3. The molecule has 0 aliphatic carbocycles. The van der Waals surface area contributed by atoms with Crippen LogP contribution in [-0.2, 0) is 0 Å². The molecule has 2 atom stereocenters. The van der Waals surface area contributed by atoms with Gasteiger partial charge in [0.2, 0.25) is 0 Å². The molecular formula is C12H15F3N2O3. The molecule has 0 amide bonds. The fourth-order valence-electron chi connectivity index (χ4n) is 1.67. The lowest BCUT2D eigenvalue weighted by molar-refractivity contribution is -0.384. The van der Waals surface area contributed by atoms with Crippen molar-refractivity contribution in [2.75, 3.05) is 6.54 Å². The minimum Gasteiger partial charge on any atom is -0.387 e. The van der Waals surface area contributed by atoms with Crippen molar-refractivity contribution in [3.8, 4) is 0 Å². The van der Waals surface area contributed by atoms with E-state index in [9.17, 15) is 28.4 Å². The third-order valence-corrected chi connectivity index (χ3v) is 2.69. The molecule has 0 saturated carbocycles. The molecule has 1 aromatic rings. The van der Waals surface area contributed by atoms with Crippen LogP contribution in [0.1, 0.15) is 25.0 Å². The Balaban J connectivity index is 2.50. The summed E-state index contributed by atoms with van der Waals surface area (Å²) in [7, 11) is 0. The van der Waals surface area contributed by atoms with Gasteiger partial charge in [-0.3, -0.25) is 10.1 Å². The van der Waals surface area contributed by atoms with Gasteiger partial charge < -0.3 is 10.4 Å². The number of non-ortho nitro benzene ring substituents is 1. The average molecular weight is 292 g/mol. The summed E-state index contributed by atoms with van der Waals surface area (Å²) in [5.74, 6) is 0. The van der Waals surface area contributed by atoms with Crippen LogP contribution in [0.2, 0.25) is 0 Å². The molecular weight excluding hydrogens is 277 g/mol. The zero-order valence-corrected chi connectivity index (χ0v) is 10.7. The van der Waals surface area contributed by atoms with Crippen molar-refractivity contribution in [3.05, 3.63) is 39.9 Å². The van der Waals surface area contributed by atoms with E-state index in [4.69, 9.17) is 0 Å². The molecule has 0 spiro atoms. The quantitative estimate of drug-likeness (QED) is 0.624. The second-order valence-electron chi connectivity index (χ2n) is 4.49. The van der Waals surface area contributed by atoms with Crippen molar-refractivity contribution >= 4 is 5.69 Å². The van der Waals surface area contributed by atoms with E-state index in [1.807, 2.05) is 0 Å². The van der Waals surface area contributed by atoms with Gasteiger partial charge in [0.1, 0.15) is 0 Å². The van der Waals surface area contributed by atoms with Crippen molar-refractivity contribution in [2.45, 2.75) is 31.7 Å². The number of hydrogen-bond acceptors (Lipinski definition) is 4. The van der Waals surface area contributed by atoms with E-state index in [-0.39, 0.29) is 12.2 Å². The van der Waals surface area contributed by atoms with Crippen LogP contribution >= 0.6 is 0 Å². The molecule has 20 heavy (non-hydrogen) atoms. The number of rotatable bonds is 6. The first-order valence-electron chi connectivity index (χ1n) is 5.91. The van der Waals surface area contributed by atoms with Crippen LogP contribution in [0, 0.1) is 10.1 Å². The molecule has 0 bridgehead atoms. The number of nitro benzene ring substituents is 1. The third-order valence-electron chi connectivity index (χ3n) is 2.69. The summed E-state index contributed by atoms with van der Waals surface area (Å²) in [5.41, 5.74) is 0.293. The third kappa shape index (κ3) is 5.54. The van der Waals surface area contributed by atoms with Crippen LogP contribution in [0.5, 0.6) is 0 Å². The predicted octanol–water partition coefficient (Wildman–Crippen LogP) is 2.56. The molecule has 112 valence electrons. The fourth-order valence-corrected chi connectivity index (χ4v) is 1.67. The van der Waals surface area contributed by atoms with Gasteiger partial charge in [0.25, 0.3) is 5.69 Å². The Bertz CT molecular complexity index is 448. The standard InChI is InChI=1S/C12H15F3N2O3/c1-8(6-12(13,14)15)16-7-11(18)9-2-4-10(5-3-9)17(19)20/h2-5,8,11,16,18H,6-7H2,1H3. The number of nitrogens with zero attached hydrogens (tertiary/aromatic N) is 1. The molecule has 5 nitrogen and oxygen atoms in total. The number of aliphatic hydroxyl groups is 1. The first-order chi connectivity index (χ1) is 9.19. The van der Waals surface area contributed by atoms with E-state index in [0.29, 0.717) is 5.56 Å². The minimum atomic E-state index is -4.26. The Hall–Kier alpha value is -1.67. The number of halogens is 3. The number of benzene rings is 1. The van der Waals surface area contributed by atoms with Gasteiger partial charge in [-0.25, -0.2) is 0 Å². The highest BCUT2D eigenvalue weighted by molar-refractivity contribution is 5.33. The lowest BCUT2D eigenvalue weighted by atomic mass is 10.1. The van der Waals surface area contributed by atoms with Gasteiger partial charge in [-0.05, 0) is 24.6 Å². The molecule has 0 fully saturated rings. The van der Waals surface area contributed by atoms with Gasteiger partial charge in [-0.15, -0.1) is 0 Å². The van der Waals surface area contributed by atoms with E-state index in [1.165, 1.54) is 31.2 Å². The van der Waals surface area contributed by atoms with Crippen LogP contribution < -0.4 is 5.32 Å². The number of nitro groups is 1. The SMILES string of the molecule is CC(CC(F)(F)F)NCC(O)c1ccc([N+](=O)[O-])cc1. The van der Waals surface area contributed by atoms with Crippen molar-refractivity contribution in [3.63, 3.8) is 0 Å². The van der Waals surface area contributed by atoms with Crippen molar-refractivity contribution in [1.82, 2.24) is 5.32 Å². The normalized spacial score (nSPS) is 14.8. The largest absolute Gasteiger partial charge is 0.390 e. The molecule has 2 unspecified atom stereocenters. The molecule has 2 N–H and O–H groups in total. The maximum Gasteiger partial charge on any atom is 0.390 e. The highest BCUT2D eigenvalue weighted by atomic mass is 19.4. The van der Waals surface area contributed by atoms with Gasteiger partial charge in [0, 0.05) is 24.7 Å².